The topological polar surface area (TPSA) is 81.4 Å². The maximum Gasteiger partial charge on any atom is 0.250 e. The first-order valence-electron chi connectivity index (χ1n) is 12.1. The lowest BCUT2D eigenvalue weighted by molar-refractivity contribution is -0.118. The molecule has 1 N–H and O–H groups in total. The van der Waals surface area contributed by atoms with Crippen molar-refractivity contribution in [1.29, 1.82) is 0 Å². The number of para-hydroxylation sites is 1. The highest BCUT2D eigenvalue weighted by Crippen LogP contribution is 2.28. The van der Waals surface area contributed by atoms with Crippen LogP contribution in [0.3, 0.4) is 0 Å². The highest BCUT2D eigenvalue weighted by molar-refractivity contribution is 7.99. The van der Waals surface area contributed by atoms with E-state index in [1.54, 1.807) is 6.21 Å². The van der Waals surface area contributed by atoms with Crippen LogP contribution in [0.4, 0.5) is 0 Å². The first-order valence-corrected chi connectivity index (χ1v) is 13.5. The van der Waals surface area contributed by atoms with E-state index in [2.05, 4.69) is 20.7 Å². The molecule has 1 amide bonds. The third-order valence-electron chi connectivity index (χ3n) is 5.61. The number of nitrogens with zero attached hydrogens (tertiary/aromatic N) is 4. The molecule has 9 heteroatoms. The van der Waals surface area contributed by atoms with Gasteiger partial charge >= 0.3 is 0 Å². The molecule has 0 aliphatic carbocycles. The molecule has 0 unspecified atom stereocenters. The van der Waals surface area contributed by atoms with E-state index >= 15 is 0 Å². The normalized spacial score (nSPS) is 11.0. The predicted molar refractivity (Wildman–Crippen MR) is 155 cm³/mol. The maximum atomic E-state index is 12.5. The van der Waals surface area contributed by atoms with Crippen LogP contribution in [0.25, 0.3) is 17.1 Å². The minimum absolute atomic E-state index is 0.120. The van der Waals surface area contributed by atoms with Gasteiger partial charge < -0.3 is 4.74 Å². The maximum absolute atomic E-state index is 12.5. The zero-order valence-corrected chi connectivity index (χ0v) is 22.3. The predicted octanol–water partition coefficient (Wildman–Crippen LogP) is 6.41. The van der Waals surface area contributed by atoms with E-state index in [4.69, 9.17) is 16.3 Å². The SMILES string of the molecule is O=C(CSc1nnc(-c2ccc(Cl)cc2)n1-c1ccccc1)N/N=C/c1ccc(OCc2ccccc2)cc1. The Kier molecular flexibility index (Phi) is 8.68. The number of hydrogen-bond donors (Lipinski definition) is 1. The smallest absolute Gasteiger partial charge is 0.250 e. The van der Waals surface area contributed by atoms with Crippen LogP contribution < -0.4 is 10.2 Å². The largest absolute Gasteiger partial charge is 0.489 e. The molecule has 0 spiro atoms. The van der Waals surface area contributed by atoms with E-state index in [9.17, 15) is 4.79 Å². The van der Waals surface area contributed by atoms with Crippen LogP contribution in [0.2, 0.25) is 5.02 Å². The van der Waals surface area contributed by atoms with Gasteiger partial charge in [0.15, 0.2) is 11.0 Å². The lowest BCUT2D eigenvalue weighted by Gasteiger charge is -2.10. The van der Waals surface area contributed by atoms with Crippen LogP contribution in [0.5, 0.6) is 5.75 Å². The molecule has 5 aromatic rings. The molecular formula is C30H24ClN5O2S. The molecular weight excluding hydrogens is 530 g/mol. The molecule has 39 heavy (non-hydrogen) atoms. The number of thioether (sulfide) groups is 1. The second-order valence-corrected chi connectivity index (χ2v) is 9.79. The minimum atomic E-state index is -0.255. The standard InChI is InChI=1S/C30H24ClN5O2S/c31-25-15-13-24(14-16-25)29-34-35-30(36(29)26-9-5-2-6-10-26)39-21-28(37)33-32-19-22-11-17-27(18-12-22)38-20-23-7-3-1-4-8-23/h1-19H,20-21H2,(H,33,37)/b32-19+. The summed E-state index contributed by atoms with van der Waals surface area (Å²) in [7, 11) is 0. The van der Waals surface area contributed by atoms with Crippen molar-refractivity contribution in [3.8, 4) is 22.8 Å². The highest BCUT2D eigenvalue weighted by atomic mass is 35.5. The molecule has 0 saturated carbocycles. The van der Waals surface area contributed by atoms with Crippen LogP contribution in [0, 0.1) is 0 Å². The molecule has 5 rings (SSSR count). The van der Waals surface area contributed by atoms with Crippen LogP contribution in [0.15, 0.2) is 119 Å². The van der Waals surface area contributed by atoms with E-state index in [0.29, 0.717) is 22.6 Å². The van der Waals surface area contributed by atoms with Gasteiger partial charge in [0.25, 0.3) is 5.91 Å². The van der Waals surface area contributed by atoms with E-state index in [1.165, 1.54) is 11.8 Å². The molecule has 0 fully saturated rings. The summed E-state index contributed by atoms with van der Waals surface area (Å²) in [6.07, 6.45) is 1.59. The number of halogens is 1. The third kappa shape index (κ3) is 7.13. The number of benzene rings is 4. The van der Waals surface area contributed by atoms with E-state index in [1.807, 2.05) is 114 Å². The molecule has 0 bridgehead atoms. The fourth-order valence-corrected chi connectivity index (χ4v) is 4.56. The summed E-state index contributed by atoms with van der Waals surface area (Å²) in [6.45, 7) is 0.501. The van der Waals surface area contributed by atoms with E-state index < -0.39 is 0 Å². The van der Waals surface area contributed by atoms with Crippen molar-refractivity contribution in [2.75, 3.05) is 5.75 Å². The summed E-state index contributed by atoms with van der Waals surface area (Å²) in [5.41, 5.74) is 6.28. The van der Waals surface area contributed by atoms with Gasteiger partial charge in [-0.15, -0.1) is 10.2 Å². The summed E-state index contributed by atoms with van der Waals surface area (Å²) in [6, 6.07) is 34.7. The van der Waals surface area contributed by atoms with Gasteiger partial charge in [0, 0.05) is 16.3 Å². The average molecular weight is 554 g/mol. The quantitative estimate of drug-likeness (QED) is 0.123. The van der Waals surface area contributed by atoms with Crippen molar-refractivity contribution in [2.45, 2.75) is 11.8 Å². The number of ether oxygens (including phenoxy) is 1. The van der Waals surface area contributed by atoms with Crippen molar-refractivity contribution in [2.24, 2.45) is 5.10 Å². The molecule has 0 atom stereocenters. The number of nitrogens with one attached hydrogen (secondary N) is 1. The van der Waals surface area contributed by atoms with Gasteiger partial charge in [0.1, 0.15) is 12.4 Å². The molecule has 0 aliphatic rings. The Balaban J connectivity index is 1.18. The van der Waals surface area contributed by atoms with Crippen molar-refractivity contribution in [1.82, 2.24) is 20.2 Å². The molecule has 7 nitrogen and oxygen atoms in total. The zero-order chi connectivity index (χ0) is 26.9. The van der Waals surface area contributed by atoms with Crippen molar-refractivity contribution < 1.29 is 9.53 Å². The Morgan fingerprint density at radius 1 is 0.897 bits per heavy atom. The minimum Gasteiger partial charge on any atom is -0.489 e. The fraction of sp³-hybridized carbons (Fsp3) is 0.0667. The van der Waals surface area contributed by atoms with Crippen LogP contribution >= 0.6 is 23.4 Å². The Morgan fingerprint density at radius 3 is 2.31 bits per heavy atom. The second-order valence-electron chi connectivity index (χ2n) is 8.41. The molecule has 4 aromatic carbocycles. The summed E-state index contributed by atoms with van der Waals surface area (Å²) >= 11 is 7.34. The lowest BCUT2D eigenvalue weighted by Crippen LogP contribution is -2.20. The molecule has 194 valence electrons. The number of hydrogen-bond acceptors (Lipinski definition) is 6. The molecule has 0 aliphatic heterocycles. The van der Waals surface area contributed by atoms with Crippen LogP contribution in [0.1, 0.15) is 11.1 Å². The van der Waals surface area contributed by atoms with Gasteiger partial charge in [-0.1, -0.05) is 71.9 Å². The van der Waals surface area contributed by atoms with Gasteiger partial charge in [0.05, 0.1) is 12.0 Å². The van der Waals surface area contributed by atoms with E-state index in [0.717, 1.165) is 28.1 Å². The van der Waals surface area contributed by atoms with Crippen molar-refractivity contribution >= 4 is 35.5 Å². The number of aromatic nitrogens is 3. The Labute approximate surface area is 235 Å². The van der Waals surface area contributed by atoms with Crippen molar-refractivity contribution in [3.63, 3.8) is 0 Å². The fourth-order valence-electron chi connectivity index (χ4n) is 3.69. The number of carbonyl (C=O) groups is 1. The van der Waals surface area contributed by atoms with Crippen LogP contribution in [-0.4, -0.2) is 32.6 Å². The van der Waals surface area contributed by atoms with Gasteiger partial charge in [-0.05, 0) is 71.8 Å². The van der Waals surface area contributed by atoms with Gasteiger partial charge in [-0.3, -0.25) is 9.36 Å². The summed E-state index contributed by atoms with van der Waals surface area (Å²) < 4.78 is 7.73. The first-order chi connectivity index (χ1) is 19.2. The lowest BCUT2D eigenvalue weighted by atomic mass is 10.2. The summed E-state index contributed by atoms with van der Waals surface area (Å²) in [4.78, 5) is 12.5. The van der Waals surface area contributed by atoms with Crippen molar-refractivity contribution in [3.05, 3.63) is 125 Å². The number of carbonyl (C=O) groups excluding carboxylic acids is 1. The number of hydrazone groups is 1. The number of amides is 1. The average Bonchev–Trinajstić information content (AvgIpc) is 3.41. The van der Waals surface area contributed by atoms with Gasteiger partial charge in [-0.25, -0.2) is 5.43 Å². The van der Waals surface area contributed by atoms with Gasteiger partial charge in [0.2, 0.25) is 0 Å². The summed E-state index contributed by atoms with van der Waals surface area (Å²) in [5, 5.41) is 14.1. The summed E-state index contributed by atoms with van der Waals surface area (Å²) in [5.74, 6) is 1.29. The van der Waals surface area contributed by atoms with Crippen LogP contribution in [-0.2, 0) is 11.4 Å². The highest BCUT2D eigenvalue weighted by Gasteiger charge is 2.17. The Morgan fingerprint density at radius 2 is 1.59 bits per heavy atom. The Bertz CT molecular complexity index is 1540. The zero-order valence-electron chi connectivity index (χ0n) is 20.8. The molecule has 0 radical (unpaired) electrons. The first kappa shape index (κ1) is 26.2. The van der Waals surface area contributed by atoms with Gasteiger partial charge in [-0.2, -0.15) is 5.10 Å². The monoisotopic (exact) mass is 553 g/mol. The molecule has 1 aromatic heterocycles. The second kappa shape index (κ2) is 12.9. The molecule has 0 saturated heterocycles. The molecule has 1 heterocycles. The third-order valence-corrected chi connectivity index (χ3v) is 6.79. The number of rotatable bonds is 10. The van der Waals surface area contributed by atoms with E-state index in [-0.39, 0.29) is 11.7 Å². The Hall–Kier alpha value is -4.40.